The van der Waals surface area contributed by atoms with Crippen molar-refractivity contribution < 1.29 is 14.3 Å². The largest absolute Gasteiger partial charge is 0.393 e. The number of amides is 1. The summed E-state index contributed by atoms with van der Waals surface area (Å²) in [7, 11) is 0. The van der Waals surface area contributed by atoms with E-state index in [1.807, 2.05) is 0 Å². The van der Waals surface area contributed by atoms with Gasteiger partial charge in [0.1, 0.15) is 17.4 Å². The average molecular weight is 355 g/mol. The molecule has 1 heterocycles. The molecule has 1 aliphatic rings. The summed E-state index contributed by atoms with van der Waals surface area (Å²) in [5.74, 6) is -0.786. The number of hydrogen-bond donors (Lipinski definition) is 3. The summed E-state index contributed by atoms with van der Waals surface area (Å²) in [5, 5.41) is 21.5. The number of aliphatic hydroxyl groups is 1. The van der Waals surface area contributed by atoms with E-state index in [9.17, 15) is 19.1 Å². The molecule has 1 atom stereocenters. The number of rotatable bonds is 4. The summed E-state index contributed by atoms with van der Waals surface area (Å²) in [6.07, 6.45) is 0.673. The SMILES string of the molecule is Cc1[nH]c(=O)c(C#N)cc1C(=O)NC(c1ccc(F)cc1)C1CC(O)C1. The molecule has 0 spiro atoms. The van der Waals surface area contributed by atoms with E-state index in [1.54, 1.807) is 25.1 Å². The Labute approximate surface area is 149 Å². The first-order valence-corrected chi connectivity index (χ1v) is 8.27. The number of benzene rings is 1. The molecule has 0 aliphatic heterocycles. The van der Waals surface area contributed by atoms with Crippen molar-refractivity contribution in [3.8, 4) is 6.07 Å². The van der Waals surface area contributed by atoms with Gasteiger partial charge in [-0.15, -0.1) is 0 Å². The molecule has 1 aromatic heterocycles. The summed E-state index contributed by atoms with van der Waals surface area (Å²) in [5.41, 5.74) is 0.613. The van der Waals surface area contributed by atoms with Crippen LogP contribution in [0.2, 0.25) is 0 Å². The molecule has 0 bridgehead atoms. The van der Waals surface area contributed by atoms with Gasteiger partial charge in [0.15, 0.2) is 0 Å². The van der Waals surface area contributed by atoms with Gasteiger partial charge in [-0.05, 0) is 49.4 Å². The molecule has 2 aromatic rings. The van der Waals surface area contributed by atoms with Gasteiger partial charge in [-0.1, -0.05) is 12.1 Å². The van der Waals surface area contributed by atoms with Crippen LogP contribution in [0.3, 0.4) is 0 Å². The lowest BCUT2D eigenvalue weighted by Crippen LogP contribution is -2.41. The second kappa shape index (κ2) is 7.10. The lowest BCUT2D eigenvalue weighted by Gasteiger charge is -2.38. The number of aryl methyl sites for hydroxylation is 1. The first-order valence-electron chi connectivity index (χ1n) is 8.27. The van der Waals surface area contributed by atoms with Crippen LogP contribution in [0.1, 0.15) is 46.1 Å². The van der Waals surface area contributed by atoms with Gasteiger partial charge in [-0.2, -0.15) is 5.26 Å². The van der Waals surface area contributed by atoms with Gasteiger partial charge >= 0.3 is 0 Å². The second-order valence-corrected chi connectivity index (χ2v) is 6.55. The fourth-order valence-corrected chi connectivity index (χ4v) is 3.21. The lowest BCUT2D eigenvalue weighted by molar-refractivity contribution is 0.0235. The molecular weight excluding hydrogens is 337 g/mol. The van der Waals surface area contributed by atoms with E-state index in [1.165, 1.54) is 18.2 Å². The Balaban J connectivity index is 1.89. The number of aliphatic hydroxyl groups excluding tert-OH is 1. The van der Waals surface area contributed by atoms with Crippen LogP contribution in [0.5, 0.6) is 0 Å². The topological polar surface area (TPSA) is 106 Å². The number of nitrogens with one attached hydrogen (secondary N) is 2. The van der Waals surface area contributed by atoms with Crippen molar-refractivity contribution in [3.63, 3.8) is 0 Å². The maximum atomic E-state index is 13.2. The molecule has 1 amide bonds. The minimum Gasteiger partial charge on any atom is -0.393 e. The number of aromatic nitrogens is 1. The predicted octanol–water partition coefficient (Wildman–Crippen LogP) is 1.94. The Morgan fingerprint density at radius 1 is 1.38 bits per heavy atom. The predicted molar refractivity (Wildman–Crippen MR) is 91.9 cm³/mol. The third-order valence-electron chi connectivity index (χ3n) is 4.74. The number of carbonyl (C=O) groups excluding carboxylic acids is 1. The Bertz CT molecular complexity index is 925. The summed E-state index contributed by atoms with van der Waals surface area (Å²) < 4.78 is 13.2. The zero-order chi connectivity index (χ0) is 18.8. The van der Waals surface area contributed by atoms with E-state index in [0.29, 0.717) is 18.5 Å². The quantitative estimate of drug-likeness (QED) is 0.779. The van der Waals surface area contributed by atoms with E-state index >= 15 is 0 Å². The van der Waals surface area contributed by atoms with Gasteiger partial charge in [-0.25, -0.2) is 4.39 Å². The normalized spacial score (nSPS) is 19.9. The molecule has 1 unspecified atom stereocenters. The fraction of sp³-hybridized carbons (Fsp3) is 0.316. The van der Waals surface area contributed by atoms with Crippen LogP contribution in [-0.2, 0) is 0 Å². The Morgan fingerprint density at radius 3 is 2.62 bits per heavy atom. The summed E-state index contributed by atoms with van der Waals surface area (Å²) in [6, 6.07) is 8.48. The van der Waals surface area contributed by atoms with Crippen LogP contribution in [0, 0.1) is 30.0 Å². The molecule has 0 saturated heterocycles. The van der Waals surface area contributed by atoms with Gasteiger partial charge in [-0.3, -0.25) is 9.59 Å². The minimum atomic E-state index is -0.543. The summed E-state index contributed by atoms with van der Waals surface area (Å²) >= 11 is 0. The maximum Gasteiger partial charge on any atom is 0.266 e. The third kappa shape index (κ3) is 3.51. The van der Waals surface area contributed by atoms with Crippen LogP contribution < -0.4 is 10.9 Å². The van der Waals surface area contributed by atoms with Gasteiger partial charge in [0.05, 0.1) is 17.7 Å². The molecule has 6 nitrogen and oxygen atoms in total. The molecule has 26 heavy (non-hydrogen) atoms. The molecule has 3 N–H and O–H groups in total. The van der Waals surface area contributed by atoms with Crippen molar-refractivity contribution in [1.29, 1.82) is 5.26 Å². The average Bonchev–Trinajstić information content (AvgIpc) is 2.58. The molecule has 7 heteroatoms. The highest BCUT2D eigenvalue weighted by Crippen LogP contribution is 2.38. The number of halogens is 1. The fourth-order valence-electron chi connectivity index (χ4n) is 3.21. The number of carbonyl (C=O) groups is 1. The number of nitriles is 1. The number of nitrogens with zero attached hydrogens (tertiary/aromatic N) is 1. The van der Waals surface area contributed by atoms with Crippen LogP contribution in [0.15, 0.2) is 35.1 Å². The lowest BCUT2D eigenvalue weighted by atomic mass is 9.75. The Morgan fingerprint density at radius 2 is 2.04 bits per heavy atom. The number of hydrogen-bond acceptors (Lipinski definition) is 4. The van der Waals surface area contributed by atoms with E-state index in [2.05, 4.69) is 10.3 Å². The van der Waals surface area contributed by atoms with Crippen molar-refractivity contribution in [3.05, 3.63) is 68.9 Å². The third-order valence-corrected chi connectivity index (χ3v) is 4.74. The molecule has 1 fully saturated rings. The number of aromatic amines is 1. The van der Waals surface area contributed by atoms with Crippen LogP contribution in [-0.4, -0.2) is 22.1 Å². The smallest absolute Gasteiger partial charge is 0.266 e. The number of H-pyrrole nitrogens is 1. The molecular formula is C19H18FN3O3. The molecule has 3 rings (SSSR count). The van der Waals surface area contributed by atoms with Crippen molar-refractivity contribution in [1.82, 2.24) is 10.3 Å². The standard InChI is InChI=1S/C19H18FN3O3/c1-10-16(8-13(9-21)18(25)22-10)19(26)23-17(12-6-15(24)7-12)11-2-4-14(20)5-3-11/h2-5,8,12,15,17,24H,6-7H2,1H3,(H,22,25)(H,23,26). The van der Waals surface area contributed by atoms with Gasteiger partial charge in [0.2, 0.25) is 0 Å². The molecule has 0 radical (unpaired) electrons. The van der Waals surface area contributed by atoms with Gasteiger partial charge in [0.25, 0.3) is 11.5 Å². The van der Waals surface area contributed by atoms with E-state index in [0.717, 1.165) is 5.56 Å². The molecule has 1 aliphatic carbocycles. The van der Waals surface area contributed by atoms with Crippen molar-refractivity contribution in [2.45, 2.75) is 31.9 Å². The highest BCUT2D eigenvalue weighted by molar-refractivity contribution is 5.95. The minimum absolute atomic E-state index is 0.0258. The monoisotopic (exact) mass is 355 g/mol. The molecule has 134 valence electrons. The van der Waals surface area contributed by atoms with Gasteiger partial charge < -0.3 is 15.4 Å². The summed E-state index contributed by atoms with van der Waals surface area (Å²) in [6.45, 7) is 1.58. The summed E-state index contributed by atoms with van der Waals surface area (Å²) in [4.78, 5) is 26.9. The second-order valence-electron chi connectivity index (χ2n) is 6.55. The molecule has 1 saturated carbocycles. The van der Waals surface area contributed by atoms with Crippen molar-refractivity contribution in [2.24, 2.45) is 5.92 Å². The number of pyridine rings is 1. The van der Waals surface area contributed by atoms with Crippen molar-refractivity contribution in [2.75, 3.05) is 0 Å². The van der Waals surface area contributed by atoms with Crippen molar-refractivity contribution >= 4 is 5.91 Å². The zero-order valence-corrected chi connectivity index (χ0v) is 14.1. The van der Waals surface area contributed by atoms with Crippen LogP contribution in [0.4, 0.5) is 4.39 Å². The Hall–Kier alpha value is -2.98. The first-order chi connectivity index (χ1) is 12.4. The van der Waals surface area contributed by atoms with E-state index < -0.39 is 23.6 Å². The first kappa shape index (κ1) is 17.8. The van der Waals surface area contributed by atoms with E-state index in [4.69, 9.17) is 5.26 Å². The highest BCUT2D eigenvalue weighted by atomic mass is 19.1. The Kier molecular flexibility index (Phi) is 4.87. The highest BCUT2D eigenvalue weighted by Gasteiger charge is 2.36. The van der Waals surface area contributed by atoms with Crippen LogP contribution >= 0.6 is 0 Å². The van der Waals surface area contributed by atoms with Gasteiger partial charge in [0, 0.05) is 5.69 Å². The zero-order valence-electron chi connectivity index (χ0n) is 14.1. The van der Waals surface area contributed by atoms with Crippen LogP contribution in [0.25, 0.3) is 0 Å². The molecule has 1 aromatic carbocycles. The van der Waals surface area contributed by atoms with E-state index in [-0.39, 0.29) is 22.9 Å². The maximum absolute atomic E-state index is 13.2.